The first-order valence-corrected chi connectivity index (χ1v) is 12.4. The summed E-state index contributed by atoms with van der Waals surface area (Å²) in [6, 6.07) is 14.1. The van der Waals surface area contributed by atoms with Gasteiger partial charge < -0.3 is 20.7 Å². The van der Waals surface area contributed by atoms with Gasteiger partial charge in [-0.1, -0.05) is 38.4 Å². The highest BCUT2D eigenvalue weighted by molar-refractivity contribution is 6.34. The Morgan fingerprint density at radius 1 is 1.05 bits per heavy atom. The Kier molecular flexibility index (Phi) is 7.78. The Balaban J connectivity index is 1.62. The fourth-order valence-corrected chi connectivity index (χ4v) is 3.95. The third-order valence-electron chi connectivity index (χ3n) is 5.81. The Morgan fingerprint density at radius 2 is 1.84 bits per heavy atom. The van der Waals surface area contributed by atoms with Crippen molar-refractivity contribution in [2.45, 2.75) is 27.3 Å². The van der Waals surface area contributed by atoms with E-state index in [-0.39, 0.29) is 18.4 Å². The molecule has 0 saturated carbocycles. The van der Waals surface area contributed by atoms with Gasteiger partial charge >= 0.3 is 0 Å². The molecule has 0 fully saturated rings. The number of pyridine rings is 1. The van der Waals surface area contributed by atoms with Crippen LogP contribution in [-0.4, -0.2) is 40.9 Å². The molecule has 38 heavy (non-hydrogen) atoms. The number of rotatable bonds is 7. The molecule has 2 heterocycles. The normalized spacial score (nSPS) is 11.2. The minimum absolute atomic E-state index is 0.0826. The monoisotopic (exact) mass is 532 g/mol. The third-order valence-corrected chi connectivity index (χ3v) is 6.14. The number of amides is 2. The highest BCUT2D eigenvalue weighted by Gasteiger charge is 2.21. The van der Waals surface area contributed by atoms with Crippen LogP contribution < -0.4 is 20.7 Å². The van der Waals surface area contributed by atoms with Crippen LogP contribution in [0.3, 0.4) is 0 Å². The van der Waals surface area contributed by atoms with Crippen molar-refractivity contribution in [3.05, 3.63) is 70.9 Å². The molecule has 2 aromatic heterocycles. The number of hydrogen-bond donors (Lipinski definition) is 3. The summed E-state index contributed by atoms with van der Waals surface area (Å²) in [5.41, 5.74) is 2.35. The van der Waals surface area contributed by atoms with Gasteiger partial charge in [0, 0.05) is 36.3 Å². The summed E-state index contributed by atoms with van der Waals surface area (Å²) < 4.78 is 5.37. The maximum absolute atomic E-state index is 13.2. The first-order valence-electron chi connectivity index (χ1n) is 12.0. The van der Waals surface area contributed by atoms with Crippen LogP contribution in [0.5, 0.6) is 5.88 Å². The summed E-state index contributed by atoms with van der Waals surface area (Å²) in [5, 5.41) is 9.97. The molecule has 0 unspecified atom stereocenters. The van der Waals surface area contributed by atoms with Crippen molar-refractivity contribution in [3.63, 3.8) is 0 Å². The number of carbonyl (C=O) groups is 2. The van der Waals surface area contributed by atoms with Crippen LogP contribution in [0, 0.1) is 5.41 Å². The lowest BCUT2D eigenvalue weighted by molar-refractivity contribution is -0.128. The van der Waals surface area contributed by atoms with Crippen molar-refractivity contribution >= 4 is 45.8 Å². The molecule has 0 bridgehead atoms. The van der Waals surface area contributed by atoms with E-state index >= 15 is 0 Å². The maximum atomic E-state index is 13.2. The van der Waals surface area contributed by atoms with E-state index in [2.05, 4.69) is 25.9 Å². The summed E-state index contributed by atoms with van der Waals surface area (Å²) in [6.07, 6.45) is 1.63. The van der Waals surface area contributed by atoms with E-state index in [0.29, 0.717) is 44.9 Å². The molecule has 0 saturated heterocycles. The molecule has 2 aromatic carbocycles. The van der Waals surface area contributed by atoms with Gasteiger partial charge in [-0.15, -0.1) is 0 Å². The topological polar surface area (TPSA) is 118 Å². The van der Waals surface area contributed by atoms with Crippen molar-refractivity contribution < 1.29 is 14.3 Å². The molecule has 0 spiro atoms. The molecular weight excluding hydrogens is 504 g/mol. The Morgan fingerprint density at radius 3 is 2.55 bits per heavy atom. The number of ether oxygens (including phenoxy) is 1. The molecule has 0 aliphatic heterocycles. The van der Waals surface area contributed by atoms with Gasteiger partial charge in [0.25, 0.3) is 5.91 Å². The lowest BCUT2D eigenvalue weighted by Gasteiger charge is -2.18. The number of aromatic nitrogens is 3. The number of anilines is 2. The molecule has 4 rings (SSSR count). The van der Waals surface area contributed by atoms with Crippen LogP contribution in [0.1, 0.15) is 36.7 Å². The zero-order valence-electron chi connectivity index (χ0n) is 21.8. The number of nitrogens with zero attached hydrogens (tertiary/aromatic N) is 3. The van der Waals surface area contributed by atoms with E-state index in [9.17, 15) is 9.59 Å². The summed E-state index contributed by atoms with van der Waals surface area (Å²) in [5.74, 6) is 1.01. The minimum atomic E-state index is -0.512. The van der Waals surface area contributed by atoms with Crippen LogP contribution in [0.2, 0.25) is 5.02 Å². The van der Waals surface area contributed by atoms with E-state index in [1.54, 1.807) is 49.6 Å². The molecule has 0 atom stereocenters. The summed E-state index contributed by atoms with van der Waals surface area (Å²) in [6.45, 7) is 5.81. The zero-order valence-corrected chi connectivity index (χ0v) is 22.6. The smallest absolute Gasteiger partial charge is 0.257 e. The molecule has 3 N–H and O–H groups in total. The molecule has 4 aromatic rings. The van der Waals surface area contributed by atoms with Gasteiger partial charge in [-0.25, -0.2) is 15.0 Å². The van der Waals surface area contributed by atoms with E-state index in [1.165, 1.54) is 7.11 Å². The summed E-state index contributed by atoms with van der Waals surface area (Å²) >= 11 is 6.35. The molecule has 0 aliphatic carbocycles. The number of benzene rings is 2. The van der Waals surface area contributed by atoms with Crippen LogP contribution in [0.4, 0.5) is 11.5 Å². The maximum Gasteiger partial charge on any atom is 0.257 e. The quantitative estimate of drug-likeness (QED) is 0.295. The predicted octanol–water partition coefficient (Wildman–Crippen LogP) is 5.31. The van der Waals surface area contributed by atoms with Crippen molar-refractivity contribution in [2.75, 3.05) is 24.8 Å². The fraction of sp³-hybridized carbons (Fsp3) is 0.250. The van der Waals surface area contributed by atoms with Gasteiger partial charge in [-0.3, -0.25) is 9.59 Å². The average molecular weight is 533 g/mol. The second-order valence-corrected chi connectivity index (χ2v) is 10.0. The second-order valence-electron chi connectivity index (χ2n) is 9.64. The Labute approximate surface area is 226 Å². The molecule has 0 aliphatic rings. The number of methoxy groups -OCH3 is 1. The third kappa shape index (κ3) is 5.84. The fourth-order valence-electron chi connectivity index (χ4n) is 3.74. The van der Waals surface area contributed by atoms with Gasteiger partial charge in [0.1, 0.15) is 5.82 Å². The molecule has 9 nitrogen and oxygen atoms in total. The first kappa shape index (κ1) is 26.8. The van der Waals surface area contributed by atoms with E-state index in [1.807, 2.05) is 32.9 Å². The number of hydrogen-bond acceptors (Lipinski definition) is 7. The van der Waals surface area contributed by atoms with E-state index < -0.39 is 5.41 Å². The van der Waals surface area contributed by atoms with Gasteiger partial charge in [-0.05, 0) is 48.0 Å². The molecule has 2 amide bonds. The van der Waals surface area contributed by atoms with Crippen molar-refractivity contribution in [2.24, 2.45) is 5.41 Å². The van der Waals surface area contributed by atoms with Crippen molar-refractivity contribution in [3.8, 4) is 17.3 Å². The Hall–Kier alpha value is -4.24. The van der Waals surface area contributed by atoms with Gasteiger partial charge in [0.2, 0.25) is 11.8 Å². The van der Waals surface area contributed by atoms with Gasteiger partial charge in [0.05, 0.1) is 28.8 Å². The lowest BCUT2D eigenvalue weighted by Crippen LogP contribution is -2.34. The van der Waals surface area contributed by atoms with E-state index in [0.717, 1.165) is 10.9 Å². The number of carbonyl (C=O) groups excluding carboxylic acids is 2. The lowest BCUT2D eigenvalue weighted by atomic mass is 9.95. The average Bonchev–Trinajstić information content (AvgIpc) is 2.90. The molecule has 10 heteroatoms. The van der Waals surface area contributed by atoms with Crippen LogP contribution in [0.25, 0.3) is 22.3 Å². The second kappa shape index (κ2) is 11.0. The van der Waals surface area contributed by atoms with E-state index in [4.69, 9.17) is 21.3 Å². The van der Waals surface area contributed by atoms with Gasteiger partial charge in [0.15, 0.2) is 5.82 Å². The summed E-state index contributed by atoms with van der Waals surface area (Å²) in [7, 11) is 3.32. The SMILES string of the molecule is CNc1nc(-c2cccnc2OC)nc2cc(NC(=O)c3cc(CNC(=O)C(C)(C)C)ccc3Cl)ccc12. The van der Waals surface area contributed by atoms with Gasteiger partial charge in [-0.2, -0.15) is 0 Å². The Bertz CT molecular complexity index is 1520. The van der Waals surface area contributed by atoms with Crippen LogP contribution in [0.15, 0.2) is 54.7 Å². The predicted molar refractivity (Wildman–Crippen MR) is 150 cm³/mol. The minimum Gasteiger partial charge on any atom is -0.480 e. The highest BCUT2D eigenvalue weighted by Crippen LogP contribution is 2.30. The molecule has 0 radical (unpaired) electrons. The molecule has 196 valence electrons. The zero-order chi connectivity index (χ0) is 27.4. The summed E-state index contributed by atoms with van der Waals surface area (Å²) in [4.78, 5) is 39.0. The van der Waals surface area contributed by atoms with Crippen molar-refractivity contribution in [1.29, 1.82) is 0 Å². The first-order chi connectivity index (χ1) is 18.1. The highest BCUT2D eigenvalue weighted by atomic mass is 35.5. The van der Waals surface area contributed by atoms with Crippen molar-refractivity contribution in [1.82, 2.24) is 20.3 Å². The standard InChI is InChI=1S/C28H29ClN6O3/c1-28(2,3)27(37)32-15-16-8-11-21(29)20(13-16)25(36)33-17-9-10-18-22(14-17)34-24(35-23(18)30-4)19-7-6-12-31-26(19)38-5/h6-14H,15H2,1-5H3,(H,32,37)(H,33,36)(H,30,34,35). The van der Waals surface area contributed by atoms with Crippen LogP contribution in [-0.2, 0) is 11.3 Å². The number of halogens is 1. The molecular formula is C28H29ClN6O3. The van der Waals surface area contributed by atoms with Crippen LogP contribution >= 0.6 is 11.6 Å². The number of fused-ring (bicyclic) bond motifs is 1. The largest absolute Gasteiger partial charge is 0.480 e. The number of nitrogens with one attached hydrogen (secondary N) is 3.